The van der Waals surface area contributed by atoms with Gasteiger partial charge in [0.05, 0.1) is 17.6 Å². The molecule has 7 heteroatoms. The summed E-state index contributed by atoms with van der Waals surface area (Å²) in [5.74, 6) is -0.570. The summed E-state index contributed by atoms with van der Waals surface area (Å²) in [6.45, 7) is 1.02. The normalized spacial score (nSPS) is 22.0. The van der Waals surface area contributed by atoms with Gasteiger partial charge in [-0.3, -0.25) is 0 Å². The first-order valence-corrected chi connectivity index (χ1v) is 7.05. The molecular weight excluding hydrogens is 259 g/mol. The second kappa shape index (κ2) is 5.31. The molecule has 1 aromatic carbocycles. The highest BCUT2D eigenvalue weighted by molar-refractivity contribution is 7.89. The van der Waals surface area contributed by atoms with Crippen molar-refractivity contribution in [2.24, 2.45) is 5.73 Å². The zero-order chi connectivity index (χ0) is 13.2. The number of morpholine rings is 1. The zero-order valence-electron chi connectivity index (χ0n) is 9.75. The van der Waals surface area contributed by atoms with E-state index in [4.69, 9.17) is 10.5 Å². The van der Waals surface area contributed by atoms with Gasteiger partial charge in [0.15, 0.2) is 0 Å². The number of rotatable bonds is 3. The van der Waals surface area contributed by atoms with Gasteiger partial charge in [-0.1, -0.05) is 6.07 Å². The van der Waals surface area contributed by atoms with Crippen molar-refractivity contribution in [1.82, 2.24) is 4.31 Å². The maximum absolute atomic E-state index is 13.1. The minimum atomic E-state index is -3.67. The third kappa shape index (κ3) is 2.69. The van der Waals surface area contributed by atoms with Crippen LogP contribution in [-0.2, 0) is 14.8 Å². The van der Waals surface area contributed by atoms with Crippen LogP contribution in [0.15, 0.2) is 29.2 Å². The number of hydrogen-bond acceptors (Lipinski definition) is 4. The van der Waals surface area contributed by atoms with Crippen molar-refractivity contribution in [3.05, 3.63) is 30.1 Å². The van der Waals surface area contributed by atoms with Gasteiger partial charge in [-0.25, -0.2) is 12.8 Å². The number of ether oxygens (including phenoxy) is 1. The lowest BCUT2D eigenvalue weighted by molar-refractivity contribution is 0.00450. The molecule has 0 amide bonds. The minimum Gasteiger partial charge on any atom is -0.374 e. The average molecular weight is 274 g/mol. The highest BCUT2D eigenvalue weighted by atomic mass is 32.2. The second-order valence-corrected chi connectivity index (χ2v) is 5.99. The lowest BCUT2D eigenvalue weighted by Crippen LogP contribution is -2.48. The van der Waals surface area contributed by atoms with Crippen molar-refractivity contribution in [1.29, 1.82) is 0 Å². The Morgan fingerprint density at radius 2 is 2.28 bits per heavy atom. The van der Waals surface area contributed by atoms with Crippen molar-refractivity contribution in [3.63, 3.8) is 0 Å². The van der Waals surface area contributed by atoms with E-state index in [1.165, 1.54) is 22.5 Å². The maximum atomic E-state index is 13.1. The molecule has 1 aromatic rings. The van der Waals surface area contributed by atoms with Crippen molar-refractivity contribution < 1.29 is 17.5 Å². The smallest absolute Gasteiger partial charge is 0.243 e. The molecule has 1 saturated heterocycles. The Morgan fingerprint density at radius 1 is 1.50 bits per heavy atom. The van der Waals surface area contributed by atoms with E-state index in [9.17, 15) is 12.8 Å². The first-order chi connectivity index (χ1) is 8.54. The standard InChI is InChI=1S/C11H15FN2O3S/c12-9-2-1-3-11(6-9)18(15,16)14-4-5-17-10(7-13)8-14/h1-3,6,10H,4-5,7-8,13H2. The topological polar surface area (TPSA) is 72.6 Å². The second-order valence-electron chi connectivity index (χ2n) is 4.05. The summed E-state index contributed by atoms with van der Waals surface area (Å²) in [7, 11) is -3.67. The zero-order valence-corrected chi connectivity index (χ0v) is 10.6. The Morgan fingerprint density at radius 3 is 2.94 bits per heavy atom. The minimum absolute atomic E-state index is 0.0415. The Balaban J connectivity index is 2.25. The fourth-order valence-corrected chi connectivity index (χ4v) is 3.32. The number of nitrogens with two attached hydrogens (primary N) is 1. The van der Waals surface area contributed by atoms with Gasteiger partial charge in [-0.2, -0.15) is 4.31 Å². The van der Waals surface area contributed by atoms with Gasteiger partial charge < -0.3 is 10.5 Å². The maximum Gasteiger partial charge on any atom is 0.243 e. The predicted molar refractivity (Wildman–Crippen MR) is 64.0 cm³/mol. The van der Waals surface area contributed by atoms with Crippen LogP contribution < -0.4 is 5.73 Å². The van der Waals surface area contributed by atoms with Crippen LogP contribution in [0.1, 0.15) is 0 Å². The molecular formula is C11H15FN2O3S. The molecule has 0 aliphatic carbocycles. The molecule has 1 atom stereocenters. The van der Waals surface area contributed by atoms with Gasteiger partial charge in [-0.15, -0.1) is 0 Å². The Bertz CT molecular complexity index is 521. The Hall–Kier alpha value is -1.02. The molecule has 1 fully saturated rings. The third-order valence-corrected chi connectivity index (χ3v) is 4.66. The van der Waals surface area contributed by atoms with Gasteiger partial charge in [-0.05, 0) is 18.2 Å². The Labute approximate surface area is 105 Å². The van der Waals surface area contributed by atoms with E-state index in [-0.39, 0.29) is 30.6 Å². The van der Waals surface area contributed by atoms with Crippen LogP contribution in [0.5, 0.6) is 0 Å². The van der Waals surface area contributed by atoms with Gasteiger partial charge in [0.25, 0.3) is 0 Å². The summed E-state index contributed by atoms with van der Waals surface area (Å²) in [5, 5.41) is 0. The summed E-state index contributed by atoms with van der Waals surface area (Å²) in [5.41, 5.74) is 5.47. The molecule has 100 valence electrons. The number of halogens is 1. The molecule has 1 unspecified atom stereocenters. The molecule has 1 aliphatic heterocycles. The SMILES string of the molecule is NCC1CN(S(=O)(=O)c2cccc(F)c2)CCO1. The molecule has 2 rings (SSSR count). The Kier molecular flexibility index (Phi) is 3.96. The molecule has 0 spiro atoms. The van der Waals surface area contributed by atoms with Crippen molar-refractivity contribution in [2.45, 2.75) is 11.0 Å². The van der Waals surface area contributed by atoms with Crippen molar-refractivity contribution >= 4 is 10.0 Å². The molecule has 0 bridgehead atoms. The molecule has 1 heterocycles. The molecule has 0 radical (unpaired) electrons. The molecule has 2 N–H and O–H groups in total. The summed E-state index contributed by atoms with van der Waals surface area (Å²) in [4.78, 5) is -0.0415. The van der Waals surface area contributed by atoms with Crippen molar-refractivity contribution in [2.75, 3.05) is 26.2 Å². The first kappa shape index (κ1) is 13.4. The van der Waals surface area contributed by atoms with Crippen LogP contribution in [0.4, 0.5) is 4.39 Å². The van der Waals surface area contributed by atoms with Gasteiger partial charge in [0.1, 0.15) is 5.82 Å². The van der Waals surface area contributed by atoms with Gasteiger partial charge >= 0.3 is 0 Å². The van der Waals surface area contributed by atoms with E-state index < -0.39 is 15.8 Å². The monoisotopic (exact) mass is 274 g/mol. The average Bonchev–Trinajstić information content (AvgIpc) is 2.39. The van der Waals surface area contributed by atoms with Crippen LogP contribution >= 0.6 is 0 Å². The van der Waals surface area contributed by atoms with Crippen LogP contribution in [0.25, 0.3) is 0 Å². The summed E-state index contributed by atoms with van der Waals surface area (Å²) in [6.07, 6.45) is -0.304. The highest BCUT2D eigenvalue weighted by Crippen LogP contribution is 2.19. The fourth-order valence-electron chi connectivity index (χ4n) is 1.83. The molecule has 5 nitrogen and oxygen atoms in total. The molecule has 18 heavy (non-hydrogen) atoms. The quantitative estimate of drug-likeness (QED) is 0.853. The molecule has 1 aliphatic rings. The third-order valence-electron chi connectivity index (χ3n) is 2.80. The van der Waals surface area contributed by atoms with E-state index in [0.717, 1.165) is 6.07 Å². The van der Waals surface area contributed by atoms with E-state index in [1.54, 1.807) is 0 Å². The van der Waals surface area contributed by atoms with E-state index in [2.05, 4.69) is 0 Å². The van der Waals surface area contributed by atoms with Gasteiger partial charge in [0.2, 0.25) is 10.0 Å². The first-order valence-electron chi connectivity index (χ1n) is 5.61. The van der Waals surface area contributed by atoms with Gasteiger partial charge in [0, 0.05) is 19.6 Å². The lowest BCUT2D eigenvalue weighted by atomic mass is 10.3. The summed E-state index contributed by atoms with van der Waals surface area (Å²) in [6, 6.07) is 4.98. The predicted octanol–water partition coefficient (Wildman–Crippen LogP) is 0.174. The largest absolute Gasteiger partial charge is 0.374 e. The molecule has 0 saturated carbocycles. The highest BCUT2D eigenvalue weighted by Gasteiger charge is 2.30. The van der Waals surface area contributed by atoms with E-state index in [0.29, 0.717) is 6.61 Å². The number of nitrogens with zero attached hydrogens (tertiary/aromatic N) is 1. The summed E-state index contributed by atoms with van der Waals surface area (Å²) < 4.78 is 44.2. The van der Waals surface area contributed by atoms with E-state index >= 15 is 0 Å². The van der Waals surface area contributed by atoms with E-state index in [1.807, 2.05) is 0 Å². The lowest BCUT2D eigenvalue weighted by Gasteiger charge is -2.31. The summed E-state index contributed by atoms with van der Waals surface area (Å²) >= 11 is 0. The number of hydrogen-bond donors (Lipinski definition) is 1. The number of benzene rings is 1. The van der Waals surface area contributed by atoms with Crippen LogP contribution in [-0.4, -0.2) is 45.1 Å². The fraction of sp³-hybridized carbons (Fsp3) is 0.455. The molecule has 0 aromatic heterocycles. The van der Waals surface area contributed by atoms with Crippen LogP contribution in [0.3, 0.4) is 0 Å². The van der Waals surface area contributed by atoms with Crippen LogP contribution in [0, 0.1) is 5.82 Å². The number of sulfonamides is 1. The van der Waals surface area contributed by atoms with Crippen molar-refractivity contribution in [3.8, 4) is 0 Å². The van der Waals surface area contributed by atoms with Crippen LogP contribution in [0.2, 0.25) is 0 Å².